The van der Waals surface area contributed by atoms with Crippen molar-refractivity contribution in [3.8, 4) is 0 Å². The van der Waals surface area contributed by atoms with Crippen LogP contribution in [0.2, 0.25) is 0 Å². The molecule has 128 valence electrons. The van der Waals surface area contributed by atoms with Crippen molar-refractivity contribution < 1.29 is 0 Å². The number of hydrogen-bond donors (Lipinski definition) is 4. The summed E-state index contributed by atoms with van der Waals surface area (Å²) in [4.78, 5) is 2.44. The molecule has 0 bridgehead atoms. The molecule has 1 unspecified atom stereocenters. The Hall–Kier alpha value is 0.580. The van der Waals surface area contributed by atoms with Crippen LogP contribution in [0.3, 0.4) is 0 Å². The monoisotopic (exact) mass is 335 g/mol. The van der Waals surface area contributed by atoms with Crippen molar-refractivity contribution in [3.63, 3.8) is 0 Å². The number of thiol groups is 2. The first kappa shape index (κ1) is 21.6. The number of nitrogens with two attached hydrogens (primary N) is 1. The normalized spacial score (nSPS) is 14.7. The first-order valence-electron chi connectivity index (χ1n) is 8.21. The lowest BCUT2D eigenvalue weighted by Gasteiger charge is -2.42. The van der Waals surface area contributed by atoms with E-state index >= 15 is 0 Å². The van der Waals surface area contributed by atoms with Gasteiger partial charge in [0, 0.05) is 41.7 Å². The van der Waals surface area contributed by atoms with Gasteiger partial charge in [-0.1, -0.05) is 19.8 Å². The lowest BCUT2D eigenvalue weighted by atomic mass is 9.99. The minimum absolute atomic E-state index is 0.0331. The van der Waals surface area contributed by atoms with Gasteiger partial charge in [0.15, 0.2) is 0 Å². The maximum atomic E-state index is 5.81. The Morgan fingerprint density at radius 2 is 1.76 bits per heavy atom. The second-order valence-electron chi connectivity index (χ2n) is 7.15. The molecular weight excluding hydrogens is 298 g/mol. The van der Waals surface area contributed by atoms with E-state index < -0.39 is 0 Å². The number of rotatable bonds is 12. The third kappa shape index (κ3) is 10.9. The first-order chi connectivity index (χ1) is 9.61. The summed E-state index contributed by atoms with van der Waals surface area (Å²) < 4.78 is -0.111. The van der Waals surface area contributed by atoms with E-state index in [9.17, 15) is 0 Å². The van der Waals surface area contributed by atoms with E-state index in [1.165, 1.54) is 19.3 Å². The van der Waals surface area contributed by atoms with Gasteiger partial charge in [-0.05, 0) is 40.7 Å². The van der Waals surface area contributed by atoms with Gasteiger partial charge in [0.2, 0.25) is 0 Å². The third-order valence-corrected chi connectivity index (χ3v) is 4.00. The Balaban J connectivity index is 4.67. The predicted octanol–water partition coefficient (Wildman–Crippen LogP) is 2.81. The molecule has 3 N–H and O–H groups in total. The lowest BCUT2D eigenvalue weighted by molar-refractivity contribution is 0.159. The molecule has 0 aromatic rings. The molecule has 0 saturated heterocycles. The fraction of sp³-hybridized carbons (Fsp3) is 1.00. The maximum Gasteiger partial charge on any atom is 0.0360 e. The van der Waals surface area contributed by atoms with Crippen molar-refractivity contribution in [1.29, 1.82) is 0 Å². The van der Waals surface area contributed by atoms with Crippen LogP contribution in [0.1, 0.15) is 53.9 Å². The highest BCUT2D eigenvalue weighted by atomic mass is 32.1. The minimum atomic E-state index is -0.0774. The van der Waals surface area contributed by atoms with Crippen LogP contribution in [0.5, 0.6) is 0 Å². The van der Waals surface area contributed by atoms with Gasteiger partial charge in [0.1, 0.15) is 0 Å². The SMILES string of the molecule is CCCCCNCC(N(CCN)CC(C)(C)S)C(C)(C)S. The summed E-state index contributed by atoms with van der Waals surface area (Å²) in [5.74, 6) is 0. The van der Waals surface area contributed by atoms with E-state index in [1.54, 1.807) is 0 Å². The van der Waals surface area contributed by atoms with E-state index in [-0.39, 0.29) is 9.49 Å². The number of nitrogens with one attached hydrogen (secondary N) is 1. The zero-order valence-corrected chi connectivity index (χ0v) is 16.4. The van der Waals surface area contributed by atoms with Gasteiger partial charge < -0.3 is 11.1 Å². The molecule has 0 aromatic carbocycles. The minimum Gasteiger partial charge on any atom is -0.329 e. The molecule has 0 aliphatic rings. The van der Waals surface area contributed by atoms with Crippen molar-refractivity contribution in [3.05, 3.63) is 0 Å². The largest absolute Gasteiger partial charge is 0.329 e. The van der Waals surface area contributed by atoms with Crippen LogP contribution in [-0.2, 0) is 0 Å². The van der Waals surface area contributed by atoms with Crippen LogP contribution in [0, 0.1) is 0 Å². The van der Waals surface area contributed by atoms with Crippen molar-refractivity contribution in [2.45, 2.75) is 69.4 Å². The fourth-order valence-corrected chi connectivity index (χ4v) is 3.01. The Bertz CT molecular complexity index is 259. The maximum absolute atomic E-state index is 5.81. The Morgan fingerprint density at radius 3 is 2.19 bits per heavy atom. The summed E-state index contributed by atoms with van der Waals surface area (Å²) in [5, 5.41) is 3.60. The molecule has 0 aliphatic heterocycles. The zero-order valence-electron chi connectivity index (χ0n) is 14.7. The van der Waals surface area contributed by atoms with Crippen LogP contribution in [-0.4, -0.2) is 53.2 Å². The second kappa shape index (κ2) is 10.4. The molecule has 1 atom stereocenters. The van der Waals surface area contributed by atoms with E-state index in [0.717, 1.165) is 26.2 Å². The number of hydrogen-bond acceptors (Lipinski definition) is 5. The highest BCUT2D eigenvalue weighted by Crippen LogP contribution is 2.25. The summed E-state index contributed by atoms with van der Waals surface area (Å²) in [7, 11) is 0. The summed E-state index contributed by atoms with van der Waals surface area (Å²) in [6, 6.07) is 0.345. The van der Waals surface area contributed by atoms with Crippen molar-refractivity contribution in [1.82, 2.24) is 10.2 Å². The van der Waals surface area contributed by atoms with Gasteiger partial charge in [-0.25, -0.2) is 0 Å². The summed E-state index contributed by atoms with van der Waals surface area (Å²) in [6.45, 7) is 15.4. The molecule has 3 nitrogen and oxygen atoms in total. The highest BCUT2D eigenvalue weighted by Gasteiger charge is 2.32. The van der Waals surface area contributed by atoms with E-state index in [0.29, 0.717) is 12.6 Å². The zero-order chi connectivity index (χ0) is 16.5. The van der Waals surface area contributed by atoms with Crippen molar-refractivity contribution in [2.24, 2.45) is 5.73 Å². The van der Waals surface area contributed by atoms with Gasteiger partial charge in [-0.3, -0.25) is 4.90 Å². The fourth-order valence-electron chi connectivity index (χ4n) is 2.57. The Labute approximate surface area is 143 Å². The molecule has 0 heterocycles. The van der Waals surface area contributed by atoms with Crippen LogP contribution in [0.4, 0.5) is 0 Å². The van der Waals surface area contributed by atoms with E-state index in [2.05, 4.69) is 57.5 Å². The van der Waals surface area contributed by atoms with Crippen molar-refractivity contribution in [2.75, 3.05) is 32.7 Å². The molecule has 0 saturated carbocycles. The molecule has 5 heteroatoms. The number of nitrogens with zero attached hydrogens (tertiary/aromatic N) is 1. The highest BCUT2D eigenvalue weighted by molar-refractivity contribution is 7.82. The number of unbranched alkanes of at least 4 members (excludes halogenated alkanes) is 2. The topological polar surface area (TPSA) is 41.3 Å². The molecular formula is C16H37N3S2. The Kier molecular flexibility index (Phi) is 10.7. The first-order valence-corrected chi connectivity index (χ1v) is 9.11. The average molecular weight is 336 g/mol. The van der Waals surface area contributed by atoms with E-state index in [1.807, 2.05) is 0 Å². The second-order valence-corrected chi connectivity index (χ2v) is 9.52. The summed E-state index contributed by atoms with van der Waals surface area (Å²) in [6.07, 6.45) is 3.79. The lowest BCUT2D eigenvalue weighted by Crippen LogP contribution is -2.56. The average Bonchev–Trinajstić information content (AvgIpc) is 2.30. The van der Waals surface area contributed by atoms with Gasteiger partial charge in [0.05, 0.1) is 0 Å². The molecule has 0 fully saturated rings. The predicted molar refractivity (Wildman–Crippen MR) is 103 cm³/mol. The summed E-state index contributed by atoms with van der Waals surface area (Å²) in [5.41, 5.74) is 5.81. The van der Waals surface area contributed by atoms with Gasteiger partial charge in [0.25, 0.3) is 0 Å². The molecule has 0 spiro atoms. The van der Waals surface area contributed by atoms with E-state index in [4.69, 9.17) is 18.4 Å². The summed E-state index contributed by atoms with van der Waals surface area (Å²) >= 11 is 9.51. The molecule has 0 amide bonds. The van der Waals surface area contributed by atoms with Crippen LogP contribution in [0.25, 0.3) is 0 Å². The van der Waals surface area contributed by atoms with Gasteiger partial charge in [-0.15, -0.1) is 0 Å². The molecule has 0 aromatic heterocycles. The molecule has 21 heavy (non-hydrogen) atoms. The van der Waals surface area contributed by atoms with Crippen molar-refractivity contribution >= 4 is 25.3 Å². The molecule has 0 radical (unpaired) electrons. The Morgan fingerprint density at radius 1 is 1.14 bits per heavy atom. The molecule has 0 aliphatic carbocycles. The smallest absolute Gasteiger partial charge is 0.0360 e. The van der Waals surface area contributed by atoms with Gasteiger partial charge >= 0.3 is 0 Å². The van der Waals surface area contributed by atoms with Crippen LogP contribution in [0.15, 0.2) is 0 Å². The third-order valence-electron chi connectivity index (χ3n) is 3.56. The van der Waals surface area contributed by atoms with Gasteiger partial charge in [-0.2, -0.15) is 25.3 Å². The standard InChI is InChI=1S/C16H37N3S2/c1-6-7-8-10-18-12-14(16(4,5)21)19(11-9-17)13-15(2,3)20/h14,18,20-21H,6-13,17H2,1-5H3. The van der Waals surface area contributed by atoms with Crippen LogP contribution >= 0.6 is 25.3 Å². The van der Waals surface area contributed by atoms with Crippen LogP contribution < -0.4 is 11.1 Å². The quantitative estimate of drug-likeness (QED) is 0.327. The molecule has 0 rings (SSSR count).